The van der Waals surface area contributed by atoms with Gasteiger partial charge in [-0.1, -0.05) is 12.1 Å². The fourth-order valence-electron chi connectivity index (χ4n) is 0.988. The third-order valence-electron chi connectivity index (χ3n) is 1.62. The van der Waals surface area contributed by atoms with Crippen molar-refractivity contribution in [1.29, 1.82) is 0 Å². The summed E-state index contributed by atoms with van der Waals surface area (Å²) in [4.78, 5) is 3.86. The average molecular weight is 193 g/mol. The van der Waals surface area contributed by atoms with E-state index >= 15 is 0 Å². The summed E-state index contributed by atoms with van der Waals surface area (Å²) in [5, 5.41) is 17.8. The third-order valence-corrected chi connectivity index (χ3v) is 1.62. The van der Waals surface area contributed by atoms with Crippen LogP contribution in [-0.2, 0) is 11.3 Å². The van der Waals surface area contributed by atoms with Crippen LogP contribution < -0.4 is 5.46 Å². The van der Waals surface area contributed by atoms with Crippen molar-refractivity contribution in [3.05, 3.63) is 36.7 Å². The molecular weight excluding hydrogens is 181 g/mol. The minimum absolute atomic E-state index is 0.365. The number of ether oxygens (including phenoxy) is 1. The van der Waals surface area contributed by atoms with Gasteiger partial charge in [-0.15, -0.1) is 6.58 Å². The van der Waals surface area contributed by atoms with Gasteiger partial charge in [0.25, 0.3) is 0 Å². The SMILES string of the molecule is C=CCOCc1cncc(B(O)O)c1. The quantitative estimate of drug-likeness (QED) is 0.374. The van der Waals surface area contributed by atoms with E-state index in [2.05, 4.69) is 11.6 Å². The molecule has 1 rings (SSSR count). The summed E-state index contributed by atoms with van der Waals surface area (Å²) in [5.41, 5.74) is 1.17. The van der Waals surface area contributed by atoms with Gasteiger partial charge in [-0.2, -0.15) is 0 Å². The summed E-state index contributed by atoms with van der Waals surface area (Å²) in [7, 11) is -1.48. The molecule has 0 amide bonds. The first kappa shape index (κ1) is 10.9. The highest BCUT2D eigenvalue weighted by molar-refractivity contribution is 6.58. The molecule has 1 aromatic heterocycles. The number of nitrogens with zero attached hydrogens (tertiary/aromatic N) is 1. The zero-order chi connectivity index (χ0) is 10.4. The predicted molar refractivity (Wildman–Crippen MR) is 53.9 cm³/mol. The van der Waals surface area contributed by atoms with E-state index < -0.39 is 7.12 Å². The Labute approximate surface area is 83.0 Å². The zero-order valence-electron chi connectivity index (χ0n) is 7.76. The lowest BCUT2D eigenvalue weighted by molar-refractivity contribution is 0.148. The Morgan fingerprint density at radius 1 is 1.50 bits per heavy atom. The van der Waals surface area contributed by atoms with E-state index in [9.17, 15) is 0 Å². The monoisotopic (exact) mass is 193 g/mol. The van der Waals surface area contributed by atoms with Crippen molar-refractivity contribution in [2.24, 2.45) is 0 Å². The van der Waals surface area contributed by atoms with Crippen LogP contribution in [0.4, 0.5) is 0 Å². The molecule has 0 saturated carbocycles. The molecule has 0 fully saturated rings. The van der Waals surface area contributed by atoms with Gasteiger partial charge in [0.05, 0.1) is 13.2 Å². The summed E-state index contributed by atoms with van der Waals surface area (Å²) >= 11 is 0. The topological polar surface area (TPSA) is 62.6 Å². The molecule has 0 atom stereocenters. The highest BCUT2D eigenvalue weighted by atomic mass is 16.5. The van der Waals surface area contributed by atoms with E-state index in [1.807, 2.05) is 0 Å². The molecule has 0 unspecified atom stereocenters. The minimum Gasteiger partial charge on any atom is -0.423 e. The summed E-state index contributed by atoms with van der Waals surface area (Å²) < 4.78 is 5.18. The predicted octanol–water partition coefficient (Wildman–Crippen LogP) is -0.536. The van der Waals surface area contributed by atoms with Crippen LogP contribution in [0.5, 0.6) is 0 Å². The van der Waals surface area contributed by atoms with E-state index in [4.69, 9.17) is 14.8 Å². The lowest BCUT2D eigenvalue weighted by Crippen LogP contribution is -2.30. The van der Waals surface area contributed by atoms with Gasteiger partial charge in [-0.25, -0.2) is 0 Å². The van der Waals surface area contributed by atoms with Crippen LogP contribution in [0.25, 0.3) is 0 Å². The van der Waals surface area contributed by atoms with E-state index in [0.29, 0.717) is 18.7 Å². The van der Waals surface area contributed by atoms with E-state index in [1.54, 1.807) is 18.3 Å². The molecule has 0 aliphatic carbocycles. The Morgan fingerprint density at radius 3 is 2.93 bits per heavy atom. The number of aromatic nitrogens is 1. The Hall–Kier alpha value is -1.17. The van der Waals surface area contributed by atoms with Crippen LogP contribution in [0, 0.1) is 0 Å². The smallest absolute Gasteiger partial charge is 0.423 e. The summed E-state index contributed by atoms with van der Waals surface area (Å²) in [6, 6.07) is 1.64. The van der Waals surface area contributed by atoms with Gasteiger partial charge in [0.15, 0.2) is 0 Å². The second-order valence-corrected chi connectivity index (χ2v) is 2.80. The summed E-state index contributed by atoms with van der Waals surface area (Å²) in [6.45, 7) is 4.37. The molecular formula is C9H12BNO3. The van der Waals surface area contributed by atoms with Gasteiger partial charge < -0.3 is 14.8 Å². The molecule has 0 bridgehead atoms. The molecule has 1 aromatic rings. The Kier molecular flexibility index (Phi) is 4.32. The Morgan fingerprint density at radius 2 is 2.29 bits per heavy atom. The fourth-order valence-corrected chi connectivity index (χ4v) is 0.988. The van der Waals surface area contributed by atoms with Crippen LogP contribution >= 0.6 is 0 Å². The minimum atomic E-state index is -1.48. The van der Waals surface area contributed by atoms with Gasteiger partial charge in [-0.05, 0) is 5.56 Å². The molecule has 4 nitrogen and oxygen atoms in total. The number of hydrogen-bond donors (Lipinski definition) is 2. The number of pyridine rings is 1. The van der Waals surface area contributed by atoms with Crippen LogP contribution in [0.1, 0.15) is 5.56 Å². The lowest BCUT2D eigenvalue weighted by Gasteiger charge is -2.03. The van der Waals surface area contributed by atoms with Gasteiger partial charge in [0.2, 0.25) is 0 Å². The molecule has 0 aromatic carbocycles. The zero-order valence-corrected chi connectivity index (χ0v) is 7.76. The Bertz CT molecular complexity index is 304. The average Bonchev–Trinajstić information content (AvgIpc) is 2.19. The molecule has 5 heteroatoms. The molecule has 1 heterocycles. The molecule has 0 aliphatic rings. The second-order valence-electron chi connectivity index (χ2n) is 2.80. The van der Waals surface area contributed by atoms with E-state index in [0.717, 1.165) is 5.56 Å². The first-order valence-corrected chi connectivity index (χ1v) is 4.22. The van der Waals surface area contributed by atoms with Crippen molar-refractivity contribution in [1.82, 2.24) is 4.98 Å². The van der Waals surface area contributed by atoms with E-state index in [1.165, 1.54) is 6.20 Å². The first-order valence-electron chi connectivity index (χ1n) is 4.22. The number of rotatable bonds is 5. The summed E-state index contributed by atoms with van der Waals surface area (Å²) in [6.07, 6.45) is 4.68. The highest BCUT2D eigenvalue weighted by Gasteiger charge is 2.11. The lowest BCUT2D eigenvalue weighted by atomic mass is 9.81. The fraction of sp³-hybridized carbons (Fsp3) is 0.222. The Balaban J connectivity index is 2.59. The molecule has 0 saturated heterocycles. The van der Waals surface area contributed by atoms with Crippen molar-refractivity contribution in [3.63, 3.8) is 0 Å². The maximum absolute atomic E-state index is 8.88. The van der Waals surface area contributed by atoms with Gasteiger partial charge in [0.1, 0.15) is 0 Å². The molecule has 0 radical (unpaired) electrons. The molecule has 14 heavy (non-hydrogen) atoms. The van der Waals surface area contributed by atoms with Crippen molar-refractivity contribution in [3.8, 4) is 0 Å². The largest absolute Gasteiger partial charge is 0.490 e. The molecule has 74 valence electrons. The van der Waals surface area contributed by atoms with Crippen molar-refractivity contribution >= 4 is 12.6 Å². The maximum Gasteiger partial charge on any atom is 0.490 e. The van der Waals surface area contributed by atoms with Crippen molar-refractivity contribution in [2.45, 2.75) is 6.61 Å². The van der Waals surface area contributed by atoms with Crippen LogP contribution in [0.3, 0.4) is 0 Å². The molecule has 0 spiro atoms. The highest BCUT2D eigenvalue weighted by Crippen LogP contribution is 1.97. The summed E-state index contributed by atoms with van der Waals surface area (Å²) in [5.74, 6) is 0. The van der Waals surface area contributed by atoms with Crippen molar-refractivity contribution in [2.75, 3.05) is 6.61 Å². The van der Waals surface area contributed by atoms with Crippen molar-refractivity contribution < 1.29 is 14.8 Å². The first-order chi connectivity index (χ1) is 6.74. The van der Waals surface area contributed by atoms with Gasteiger partial charge in [-0.3, -0.25) is 4.98 Å². The van der Waals surface area contributed by atoms with Crippen LogP contribution in [0.2, 0.25) is 0 Å². The molecule has 0 aliphatic heterocycles. The van der Waals surface area contributed by atoms with Crippen LogP contribution in [0.15, 0.2) is 31.1 Å². The van der Waals surface area contributed by atoms with Gasteiger partial charge >= 0.3 is 7.12 Å². The standard InChI is InChI=1S/C9H12BNO3/c1-2-3-14-7-8-4-9(10(12)13)6-11-5-8/h2,4-6,12-13H,1,3,7H2. The van der Waals surface area contributed by atoms with Crippen LogP contribution in [-0.4, -0.2) is 28.8 Å². The van der Waals surface area contributed by atoms with Gasteiger partial charge in [0, 0.05) is 17.9 Å². The normalized spacial score (nSPS) is 9.86. The maximum atomic E-state index is 8.88. The second kappa shape index (κ2) is 5.54. The van der Waals surface area contributed by atoms with E-state index in [-0.39, 0.29) is 0 Å². The third kappa shape index (κ3) is 3.29. The number of hydrogen-bond acceptors (Lipinski definition) is 4. The molecule has 2 N–H and O–H groups in total.